The van der Waals surface area contributed by atoms with Crippen molar-refractivity contribution in [2.75, 3.05) is 13.2 Å². The highest BCUT2D eigenvalue weighted by molar-refractivity contribution is 5.31. The zero-order valence-electron chi connectivity index (χ0n) is 11.8. The zero-order valence-corrected chi connectivity index (χ0v) is 11.8. The minimum absolute atomic E-state index is 0.566. The second-order valence-electron chi connectivity index (χ2n) is 4.55. The first kappa shape index (κ1) is 14.4. The predicted octanol–water partition coefficient (Wildman–Crippen LogP) is 3.17. The van der Waals surface area contributed by atoms with Gasteiger partial charge in [0, 0.05) is 0 Å². The molecule has 0 saturated carbocycles. The molecular formula is C17H21NO2. The molecule has 0 atom stereocenters. The van der Waals surface area contributed by atoms with Crippen molar-refractivity contribution in [1.29, 1.82) is 0 Å². The first-order valence-corrected chi connectivity index (χ1v) is 6.95. The van der Waals surface area contributed by atoms with Gasteiger partial charge in [-0.15, -0.1) is 0 Å². The number of ether oxygens (including phenoxy) is 2. The minimum atomic E-state index is 0.566. The molecule has 0 aromatic heterocycles. The van der Waals surface area contributed by atoms with Crippen LogP contribution in [0.5, 0.6) is 11.5 Å². The van der Waals surface area contributed by atoms with Gasteiger partial charge in [0.25, 0.3) is 0 Å². The van der Waals surface area contributed by atoms with Crippen LogP contribution >= 0.6 is 0 Å². The van der Waals surface area contributed by atoms with E-state index in [0.29, 0.717) is 19.8 Å². The van der Waals surface area contributed by atoms with Crippen LogP contribution in [0.4, 0.5) is 0 Å². The number of hydrogen-bond donors (Lipinski definition) is 1. The highest BCUT2D eigenvalue weighted by atomic mass is 16.5. The molecule has 106 valence electrons. The number of hydrogen-bond acceptors (Lipinski definition) is 3. The topological polar surface area (TPSA) is 44.5 Å². The molecule has 0 saturated heterocycles. The van der Waals surface area contributed by atoms with Gasteiger partial charge in [0.15, 0.2) is 0 Å². The third-order valence-corrected chi connectivity index (χ3v) is 3.00. The Morgan fingerprint density at radius 2 is 1.35 bits per heavy atom. The molecule has 3 heteroatoms. The smallest absolute Gasteiger partial charge is 0.120 e. The van der Waals surface area contributed by atoms with Crippen LogP contribution in [0.15, 0.2) is 48.5 Å². The Labute approximate surface area is 120 Å². The van der Waals surface area contributed by atoms with Gasteiger partial charge >= 0.3 is 0 Å². The summed E-state index contributed by atoms with van der Waals surface area (Å²) in [5, 5.41) is 0. The van der Waals surface area contributed by atoms with E-state index >= 15 is 0 Å². The third-order valence-electron chi connectivity index (χ3n) is 3.00. The molecule has 0 spiro atoms. The molecule has 0 aliphatic carbocycles. The second kappa shape index (κ2) is 7.56. The van der Waals surface area contributed by atoms with Crippen molar-refractivity contribution in [2.45, 2.75) is 20.0 Å². The Hall–Kier alpha value is -2.00. The average molecular weight is 271 g/mol. The van der Waals surface area contributed by atoms with E-state index in [1.165, 1.54) is 5.56 Å². The molecule has 0 aliphatic rings. The molecule has 3 nitrogen and oxygen atoms in total. The molecule has 0 aliphatic heterocycles. The van der Waals surface area contributed by atoms with Gasteiger partial charge in [-0.25, -0.2) is 0 Å². The van der Waals surface area contributed by atoms with Crippen LogP contribution in [-0.4, -0.2) is 13.2 Å². The van der Waals surface area contributed by atoms with E-state index in [1.807, 2.05) is 31.2 Å². The first-order chi connectivity index (χ1) is 9.81. The lowest BCUT2D eigenvalue weighted by atomic mass is 10.1. The van der Waals surface area contributed by atoms with Gasteiger partial charge in [0.1, 0.15) is 18.1 Å². The highest BCUT2D eigenvalue weighted by Crippen LogP contribution is 2.18. The summed E-state index contributed by atoms with van der Waals surface area (Å²) >= 11 is 0. The van der Waals surface area contributed by atoms with Gasteiger partial charge in [-0.1, -0.05) is 24.3 Å². The van der Waals surface area contributed by atoms with Crippen LogP contribution < -0.4 is 15.2 Å². The van der Waals surface area contributed by atoms with E-state index in [9.17, 15) is 0 Å². The molecule has 0 amide bonds. The van der Waals surface area contributed by atoms with Crippen molar-refractivity contribution >= 4 is 0 Å². The average Bonchev–Trinajstić information content (AvgIpc) is 2.49. The molecule has 2 N–H and O–H groups in total. The van der Waals surface area contributed by atoms with Crippen molar-refractivity contribution in [2.24, 2.45) is 5.73 Å². The molecule has 0 bridgehead atoms. The van der Waals surface area contributed by atoms with Crippen LogP contribution in [0, 0.1) is 0 Å². The fraction of sp³-hybridized carbons (Fsp3) is 0.294. The molecule has 0 unspecified atom stereocenters. The molecular weight excluding hydrogens is 250 g/mol. The van der Waals surface area contributed by atoms with Crippen LogP contribution in [-0.2, 0) is 13.0 Å². The fourth-order valence-corrected chi connectivity index (χ4v) is 1.93. The van der Waals surface area contributed by atoms with Gasteiger partial charge in [-0.05, 0) is 55.3 Å². The summed E-state index contributed by atoms with van der Waals surface area (Å²) in [7, 11) is 0. The second-order valence-corrected chi connectivity index (χ2v) is 4.55. The van der Waals surface area contributed by atoms with E-state index in [1.54, 1.807) is 0 Å². The molecule has 0 fully saturated rings. The highest BCUT2D eigenvalue weighted by Gasteiger charge is 1.98. The van der Waals surface area contributed by atoms with Crippen LogP contribution in [0.25, 0.3) is 0 Å². The molecule has 0 radical (unpaired) electrons. The lowest BCUT2D eigenvalue weighted by molar-refractivity contribution is 0.304. The van der Waals surface area contributed by atoms with E-state index in [0.717, 1.165) is 23.5 Å². The van der Waals surface area contributed by atoms with Crippen molar-refractivity contribution < 1.29 is 9.47 Å². The van der Waals surface area contributed by atoms with Crippen molar-refractivity contribution in [3.63, 3.8) is 0 Å². The Bertz CT molecular complexity index is 456. The van der Waals surface area contributed by atoms with E-state index in [-0.39, 0.29) is 0 Å². The molecule has 2 aromatic carbocycles. The Balaban J connectivity index is 1.87. The summed E-state index contributed by atoms with van der Waals surface area (Å²) in [5.41, 5.74) is 7.95. The van der Waals surface area contributed by atoms with Crippen LogP contribution in [0.1, 0.15) is 18.1 Å². The molecule has 2 aromatic rings. The lowest BCUT2D eigenvalue weighted by Crippen LogP contribution is -2.03. The van der Waals surface area contributed by atoms with Gasteiger partial charge < -0.3 is 15.2 Å². The van der Waals surface area contributed by atoms with Gasteiger partial charge in [0.2, 0.25) is 0 Å². The van der Waals surface area contributed by atoms with Gasteiger partial charge in [-0.2, -0.15) is 0 Å². The number of nitrogens with two attached hydrogens (primary N) is 1. The maximum absolute atomic E-state index is 5.74. The standard InChI is InChI=1S/C17H21NO2/c1-2-19-16-7-9-17(10-8-16)20-13-15-5-3-14(4-6-15)11-12-18/h3-10H,2,11-13,18H2,1H3. The third kappa shape index (κ3) is 4.28. The summed E-state index contributed by atoms with van der Waals surface area (Å²) in [5.74, 6) is 1.71. The maximum atomic E-state index is 5.74. The van der Waals surface area contributed by atoms with Crippen LogP contribution in [0.2, 0.25) is 0 Å². The predicted molar refractivity (Wildman–Crippen MR) is 81.1 cm³/mol. The summed E-state index contributed by atoms with van der Waals surface area (Å²) in [6.07, 6.45) is 0.917. The molecule has 2 rings (SSSR count). The van der Waals surface area contributed by atoms with Crippen LogP contribution in [0.3, 0.4) is 0 Å². The summed E-state index contributed by atoms with van der Waals surface area (Å²) in [4.78, 5) is 0. The van der Waals surface area contributed by atoms with Crippen molar-refractivity contribution in [3.8, 4) is 11.5 Å². The Kier molecular flexibility index (Phi) is 5.44. The minimum Gasteiger partial charge on any atom is -0.494 e. The van der Waals surface area contributed by atoms with Gasteiger partial charge in [0.05, 0.1) is 6.61 Å². The van der Waals surface area contributed by atoms with Crippen molar-refractivity contribution in [1.82, 2.24) is 0 Å². The first-order valence-electron chi connectivity index (χ1n) is 6.95. The largest absolute Gasteiger partial charge is 0.494 e. The maximum Gasteiger partial charge on any atom is 0.120 e. The monoisotopic (exact) mass is 271 g/mol. The Morgan fingerprint density at radius 1 is 0.800 bits per heavy atom. The summed E-state index contributed by atoms with van der Waals surface area (Å²) in [6, 6.07) is 16.1. The normalized spacial score (nSPS) is 10.3. The SMILES string of the molecule is CCOc1ccc(OCc2ccc(CCN)cc2)cc1. The number of rotatable bonds is 7. The van der Waals surface area contributed by atoms with Crippen molar-refractivity contribution in [3.05, 3.63) is 59.7 Å². The lowest BCUT2D eigenvalue weighted by Gasteiger charge is -2.08. The molecule has 20 heavy (non-hydrogen) atoms. The van der Waals surface area contributed by atoms with Gasteiger partial charge in [-0.3, -0.25) is 0 Å². The number of benzene rings is 2. The summed E-state index contributed by atoms with van der Waals surface area (Å²) < 4.78 is 11.1. The Morgan fingerprint density at radius 3 is 1.90 bits per heavy atom. The quantitative estimate of drug-likeness (QED) is 0.841. The zero-order chi connectivity index (χ0) is 14.2. The summed E-state index contributed by atoms with van der Waals surface area (Å²) in [6.45, 7) is 3.90. The fourth-order valence-electron chi connectivity index (χ4n) is 1.93. The van der Waals surface area contributed by atoms with E-state index < -0.39 is 0 Å². The van der Waals surface area contributed by atoms with E-state index in [4.69, 9.17) is 15.2 Å². The molecule has 0 heterocycles. The van der Waals surface area contributed by atoms with E-state index in [2.05, 4.69) is 24.3 Å².